The lowest BCUT2D eigenvalue weighted by atomic mass is 10.2. The number of carbonyl (C=O) groups is 1. The van der Waals surface area contributed by atoms with Gasteiger partial charge in [-0.3, -0.25) is 0 Å². The number of carboxylic acid groups (broad SMARTS) is 1. The summed E-state index contributed by atoms with van der Waals surface area (Å²) in [6.07, 6.45) is 0. The largest absolute Gasteiger partial charge is 0.494 e. The van der Waals surface area contributed by atoms with Gasteiger partial charge >= 0.3 is 5.97 Å². The first kappa shape index (κ1) is 17.5. The van der Waals surface area contributed by atoms with Crippen molar-refractivity contribution in [1.29, 1.82) is 0 Å². The Labute approximate surface area is 151 Å². The zero-order valence-electron chi connectivity index (χ0n) is 14.7. The summed E-state index contributed by atoms with van der Waals surface area (Å²) in [5.41, 5.74) is 1.63. The average molecular weight is 352 g/mol. The fourth-order valence-electron chi connectivity index (χ4n) is 2.58. The number of benzene rings is 2. The van der Waals surface area contributed by atoms with Crippen LogP contribution < -0.4 is 9.64 Å². The van der Waals surface area contributed by atoms with E-state index in [2.05, 4.69) is 10.2 Å². The molecule has 0 bridgehead atoms. The van der Waals surface area contributed by atoms with E-state index in [-0.39, 0.29) is 5.69 Å². The maximum absolute atomic E-state index is 11.6. The number of nitrogens with zero attached hydrogens (tertiary/aromatic N) is 4. The topological polar surface area (TPSA) is 80.5 Å². The van der Waals surface area contributed by atoms with Crippen molar-refractivity contribution in [3.63, 3.8) is 0 Å². The van der Waals surface area contributed by atoms with Crippen LogP contribution in [-0.4, -0.2) is 39.7 Å². The number of aromatic nitrogens is 3. The maximum Gasteiger partial charge on any atom is 0.360 e. The summed E-state index contributed by atoms with van der Waals surface area (Å²) >= 11 is 0. The van der Waals surface area contributed by atoms with Crippen molar-refractivity contribution in [1.82, 2.24) is 15.0 Å². The Morgan fingerprint density at radius 2 is 1.81 bits per heavy atom. The normalized spacial score (nSPS) is 10.5. The molecular weight excluding hydrogens is 332 g/mol. The molecule has 2 aromatic carbocycles. The third kappa shape index (κ3) is 3.83. The Balaban J connectivity index is 1.89. The number of ether oxygens (including phenoxy) is 1. The molecule has 0 atom stereocenters. The van der Waals surface area contributed by atoms with E-state index < -0.39 is 5.97 Å². The molecule has 0 aliphatic rings. The maximum atomic E-state index is 11.6. The van der Waals surface area contributed by atoms with Gasteiger partial charge in [-0.15, -0.1) is 15.0 Å². The Morgan fingerprint density at radius 1 is 1.12 bits per heavy atom. The van der Waals surface area contributed by atoms with Crippen LogP contribution >= 0.6 is 0 Å². The molecule has 0 aliphatic heterocycles. The van der Waals surface area contributed by atoms with Crippen molar-refractivity contribution in [2.45, 2.75) is 13.5 Å². The van der Waals surface area contributed by atoms with Crippen molar-refractivity contribution < 1.29 is 14.6 Å². The summed E-state index contributed by atoms with van der Waals surface area (Å²) in [6.45, 7) is 3.02. The van der Waals surface area contributed by atoms with Gasteiger partial charge in [-0.2, -0.15) is 0 Å². The monoisotopic (exact) mass is 352 g/mol. The lowest BCUT2D eigenvalue weighted by Gasteiger charge is -2.16. The minimum atomic E-state index is -1.11. The highest BCUT2D eigenvalue weighted by Gasteiger charge is 2.21. The van der Waals surface area contributed by atoms with Crippen LogP contribution in [0.5, 0.6) is 5.75 Å². The van der Waals surface area contributed by atoms with Gasteiger partial charge in [0, 0.05) is 13.6 Å². The molecular formula is C19H20N4O3. The minimum absolute atomic E-state index is 0.0858. The SMILES string of the molecule is CCOc1ccc(-n2nc(C(=O)O)c(N(C)Cc3ccccc3)n2)cc1. The van der Waals surface area contributed by atoms with E-state index in [9.17, 15) is 9.90 Å². The first-order valence-corrected chi connectivity index (χ1v) is 8.27. The fourth-order valence-corrected chi connectivity index (χ4v) is 2.58. The Hall–Kier alpha value is -3.35. The first-order valence-electron chi connectivity index (χ1n) is 8.27. The van der Waals surface area contributed by atoms with E-state index in [0.29, 0.717) is 24.7 Å². The Morgan fingerprint density at radius 3 is 2.42 bits per heavy atom. The number of hydrogen-bond acceptors (Lipinski definition) is 5. The molecule has 3 rings (SSSR count). The first-order chi connectivity index (χ1) is 12.6. The summed E-state index contributed by atoms with van der Waals surface area (Å²) in [5, 5.41) is 18.0. The van der Waals surface area contributed by atoms with Crippen LogP contribution in [0.1, 0.15) is 23.0 Å². The summed E-state index contributed by atoms with van der Waals surface area (Å²) in [4.78, 5) is 14.7. The number of anilines is 1. The molecule has 26 heavy (non-hydrogen) atoms. The number of aromatic carboxylic acids is 1. The molecule has 0 amide bonds. The molecule has 3 aromatic rings. The molecule has 1 aromatic heterocycles. The molecule has 7 nitrogen and oxygen atoms in total. The van der Waals surface area contributed by atoms with Gasteiger partial charge in [0.25, 0.3) is 0 Å². The highest BCUT2D eigenvalue weighted by Crippen LogP contribution is 2.20. The van der Waals surface area contributed by atoms with Crippen LogP contribution in [0, 0.1) is 0 Å². The Bertz CT molecular complexity index is 876. The molecule has 0 spiro atoms. The van der Waals surface area contributed by atoms with Crippen LogP contribution in [0.15, 0.2) is 54.6 Å². The van der Waals surface area contributed by atoms with Gasteiger partial charge < -0.3 is 14.7 Å². The van der Waals surface area contributed by atoms with Crippen LogP contribution in [0.4, 0.5) is 5.82 Å². The van der Waals surface area contributed by atoms with Crippen LogP contribution in [-0.2, 0) is 6.54 Å². The number of carboxylic acids is 1. The third-order valence-electron chi connectivity index (χ3n) is 3.80. The fraction of sp³-hybridized carbons (Fsp3) is 0.211. The van der Waals surface area contributed by atoms with E-state index in [1.54, 1.807) is 36.2 Å². The molecule has 0 fully saturated rings. The summed E-state index contributed by atoms with van der Waals surface area (Å²) in [6, 6.07) is 17.0. The van der Waals surface area contributed by atoms with Crippen molar-refractivity contribution in [2.75, 3.05) is 18.6 Å². The smallest absolute Gasteiger partial charge is 0.360 e. The average Bonchev–Trinajstić information content (AvgIpc) is 3.09. The van der Waals surface area contributed by atoms with Crippen LogP contribution in [0.25, 0.3) is 5.69 Å². The van der Waals surface area contributed by atoms with E-state index in [4.69, 9.17) is 4.74 Å². The van der Waals surface area contributed by atoms with E-state index in [1.165, 1.54) is 4.80 Å². The quantitative estimate of drug-likeness (QED) is 0.704. The molecule has 1 N–H and O–H groups in total. The second-order valence-electron chi connectivity index (χ2n) is 5.74. The highest BCUT2D eigenvalue weighted by atomic mass is 16.5. The summed E-state index contributed by atoms with van der Waals surface area (Å²) in [7, 11) is 1.80. The molecule has 7 heteroatoms. The third-order valence-corrected chi connectivity index (χ3v) is 3.80. The van der Waals surface area contributed by atoms with Crippen molar-refractivity contribution in [2.24, 2.45) is 0 Å². The predicted octanol–water partition coefficient (Wildman–Crippen LogP) is 3.00. The zero-order valence-corrected chi connectivity index (χ0v) is 14.7. The standard InChI is InChI=1S/C19H20N4O3/c1-3-26-16-11-9-15(10-12-16)23-20-17(19(24)25)18(21-23)22(2)13-14-7-5-4-6-8-14/h4-12H,3,13H2,1-2H3,(H,24,25). The molecule has 0 radical (unpaired) electrons. The molecule has 134 valence electrons. The minimum Gasteiger partial charge on any atom is -0.494 e. The van der Waals surface area contributed by atoms with Crippen molar-refractivity contribution >= 4 is 11.8 Å². The molecule has 0 saturated carbocycles. The summed E-state index contributed by atoms with van der Waals surface area (Å²) < 4.78 is 5.42. The van der Waals surface area contributed by atoms with E-state index >= 15 is 0 Å². The van der Waals surface area contributed by atoms with E-state index in [1.807, 2.05) is 37.3 Å². The lowest BCUT2D eigenvalue weighted by molar-refractivity contribution is 0.0690. The number of hydrogen-bond donors (Lipinski definition) is 1. The van der Waals surface area contributed by atoms with Crippen LogP contribution in [0.3, 0.4) is 0 Å². The van der Waals surface area contributed by atoms with Gasteiger partial charge in [-0.25, -0.2) is 4.79 Å². The second-order valence-corrected chi connectivity index (χ2v) is 5.74. The van der Waals surface area contributed by atoms with Gasteiger partial charge in [0.2, 0.25) is 5.69 Å². The molecule has 0 aliphatic carbocycles. The second kappa shape index (κ2) is 7.69. The summed E-state index contributed by atoms with van der Waals surface area (Å²) in [5.74, 6) is -0.0596. The molecule has 1 heterocycles. The van der Waals surface area contributed by atoms with Gasteiger partial charge in [0.1, 0.15) is 5.75 Å². The Kier molecular flexibility index (Phi) is 5.17. The van der Waals surface area contributed by atoms with Gasteiger partial charge in [0.15, 0.2) is 5.82 Å². The van der Waals surface area contributed by atoms with E-state index in [0.717, 1.165) is 11.3 Å². The highest BCUT2D eigenvalue weighted by molar-refractivity contribution is 5.90. The number of rotatable bonds is 7. The van der Waals surface area contributed by atoms with Crippen molar-refractivity contribution in [3.05, 3.63) is 65.9 Å². The lowest BCUT2D eigenvalue weighted by Crippen LogP contribution is -2.19. The van der Waals surface area contributed by atoms with Crippen LogP contribution in [0.2, 0.25) is 0 Å². The van der Waals surface area contributed by atoms with Gasteiger partial charge in [-0.1, -0.05) is 30.3 Å². The molecule has 0 unspecified atom stereocenters. The van der Waals surface area contributed by atoms with Crippen molar-refractivity contribution in [3.8, 4) is 11.4 Å². The zero-order chi connectivity index (χ0) is 18.5. The predicted molar refractivity (Wildman–Crippen MR) is 98.0 cm³/mol. The molecule has 0 saturated heterocycles. The van der Waals surface area contributed by atoms with Gasteiger partial charge in [-0.05, 0) is 36.8 Å². The van der Waals surface area contributed by atoms with Gasteiger partial charge in [0.05, 0.1) is 12.3 Å².